The Morgan fingerprint density at radius 1 is 1.37 bits per heavy atom. The lowest BCUT2D eigenvalue weighted by atomic mass is 10.3. The third-order valence-electron chi connectivity index (χ3n) is 2.26. The molecule has 6 heteroatoms. The summed E-state index contributed by atoms with van der Waals surface area (Å²) in [5.41, 5.74) is 0.555. The molecule has 0 aliphatic heterocycles. The van der Waals surface area contributed by atoms with Crippen molar-refractivity contribution in [3.63, 3.8) is 0 Å². The summed E-state index contributed by atoms with van der Waals surface area (Å²) < 4.78 is 0. The Balaban J connectivity index is 2.27. The summed E-state index contributed by atoms with van der Waals surface area (Å²) in [6.07, 6.45) is 1.33. The molecule has 0 spiro atoms. The normalized spacial score (nSPS) is 10.7. The van der Waals surface area contributed by atoms with Crippen molar-refractivity contribution < 1.29 is 0 Å². The molecule has 0 amide bonds. The van der Waals surface area contributed by atoms with Gasteiger partial charge in [-0.15, -0.1) is 11.8 Å². The third-order valence-corrected chi connectivity index (χ3v) is 3.61. The first-order chi connectivity index (χ1) is 9.06. The number of aromatic amines is 1. The van der Waals surface area contributed by atoms with E-state index < -0.39 is 0 Å². The summed E-state index contributed by atoms with van der Waals surface area (Å²) >= 11 is 7.39. The van der Waals surface area contributed by atoms with Crippen LogP contribution in [-0.4, -0.2) is 15.2 Å². The van der Waals surface area contributed by atoms with Crippen LogP contribution < -0.4 is 10.9 Å². The molecule has 0 saturated carbocycles. The minimum atomic E-state index is -0.354. The molecule has 100 valence electrons. The van der Waals surface area contributed by atoms with Gasteiger partial charge >= 0.3 is 0 Å². The van der Waals surface area contributed by atoms with Crippen LogP contribution in [0.5, 0.6) is 0 Å². The van der Waals surface area contributed by atoms with E-state index in [-0.39, 0.29) is 10.6 Å². The molecule has 2 aromatic rings. The van der Waals surface area contributed by atoms with E-state index in [1.165, 1.54) is 6.20 Å². The van der Waals surface area contributed by atoms with E-state index in [0.717, 1.165) is 10.6 Å². The molecular formula is C13H14ClN3OS. The monoisotopic (exact) mass is 295 g/mol. The van der Waals surface area contributed by atoms with Gasteiger partial charge in [0.25, 0.3) is 5.56 Å². The van der Waals surface area contributed by atoms with Crippen molar-refractivity contribution in [3.05, 3.63) is 45.8 Å². The van der Waals surface area contributed by atoms with Gasteiger partial charge in [0.15, 0.2) is 0 Å². The Kier molecular flexibility index (Phi) is 4.50. The quantitative estimate of drug-likeness (QED) is 0.845. The van der Waals surface area contributed by atoms with Crippen molar-refractivity contribution in [3.8, 4) is 0 Å². The zero-order valence-electron chi connectivity index (χ0n) is 10.6. The number of thioether (sulfide) groups is 1. The van der Waals surface area contributed by atoms with Gasteiger partial charge < -0.3 is 5.32 Å². The Morgan fingerprint density at radius 2 is 2.11 bits per heavy atom. The van der Waals surface area contributed by atoms with E-state index in [4.69, 9.17) is 11.6 Å². The van der Waals surface area contributed by atoms with Gasteiger partial charge in [-0.2, -0.15) is 0 Å². The van der Waals surface area contributed by atoms with Crippen molar-refractivity contribution in [2.75, 3.05) is 5.32 Å². The Labute approximate surface area is 120 Å². The molecule has 1 heterocycles. The molecule has 0 atom stereocenters. The van der Waals surface area contributed by atoms with Gasteiger partial charge in [0.1, 0.15) is 5.02 Å². The summed E-state index contributed by atoms with van der Waals surface area (Å²) in [5, 5.41) is 3.65. The lowest BCUT2D eigenvalue weighted by Crippen LogP contribution is -2.10. The average molecular weight is 296 g/mol. The molecule has 4 nitrogen and oxygen atoms in total. The second-order valence-electron chi connectivity index (χ2n) is 4.20. The first-order valence-corrected chi connectivity index (χ1v) is 7.09. The molecule has 0 unspecified atom stereocenters. The maximum Gasteiger partial charge on any atom is 0.271 e. The molecule has 0 aliphatic rings. The number of halogens is 1. The van der Waals surface area contributed by atoms with Gasteiger partial charge in [-0.1, -0.05) is 37.6 Å². The number of aromatic nitrogens is 2. The number of hydrogen-bond acceptors (Lipinski definition) is 4. The molecule has 0 bridgehead atoms. The SMILES string of the molecule is CC(C)Sc1ccccc1Nc1ncc(Cl)c(=O)[nH]1. The number of H-pyrrole nitrogens is 1. The van der Waals surface area contributed by atoms with Crippen LogP contribution in [0.2, 0.25) is 5.02 Å². The van der Waals surface area contributed by atoms with Crippen LogP contribution in [-0.2, 0) is 0 Å². The molecule has 0 radical (unpaired) electrons. The third kappa shape index (κ3) is 3.75. The minimum Gasteiger partial charge on any atom is -0.325 e. The first-order valence-electron chi connectivity index (χ1n) is 5.84. The van der Waals surface area contributed by atoms with Gasteiger partial charge in [-0.05, 0) is 12.1 Å². The van der Waals surface area contributed by atoms with Gasteiger partial charge in [-0.3, -0.25) is 9.78 Å². The van der Waals surface area contributed by atoms with Crippen LogP contribution in [0.4, 0.5) is 11.6 Å². The van der Waals surface area contributed by atoms with Crippen molar-refractivity contribution in [2.45, 2.75) is 24.0 Å². The Bertz CT molecular complexity index is 627. The van der Waals surface area contributed by atoms with Crippen LogP contribution in [0.3, 0.4) is 0 Å². The van der Waals surface area contributed by atoms with Gasteiger partial charge in [0, 0.05) is 10.1 Å². The van der Waals surface area contributed by atoms with Crippen LogP contribution in [0.25, 0.3) is 0 Å². The smallest absolute Gasteiger partial charge is 0.271 e. The van der Waals surface area contributed by atoms with Gasteiger partial charge in [0.05, 0.1) is 11.9 Å². The van der Waals surface area contributed by atoms with Gasteiger partial charge in [0.2, 0.25) is 5.95 Å². The topological polar surface area (TPSA) is 57.8 Å². The summed E-state index contributed by atoms with van der Waals surface area (Å²) in [5.74, 6) is 0.381. The minimum absolute atomic E-state index is 0.0791. The standard InChI is InChI=1S/C13H14ClN3OS/c1-8(2)19-11-6-4-3-5-10(11)16-13-15-7-9(14)12(18)17-13/h3-8H,1-2H3,(H2,15,16,17,18). The molecule has 0 saturated heterocycles. The fraction of sp³-hybridized carbons (Fsp3) is 0.231. The first kappa shape index (κ1) is 14.0. The van der Waals surface area contributed by atoms with Crippen LogP contribution in [0, 0.1) is 0 Å². The van der Waals surface area contributed by atoms with Crippen LogP contribution in [0.15, 0.2) is 40.2 Å². The Morgan fingerprint density at radius 3 is 2.79 bits per heavy atom. The van der Waals surface area contributed by atoms with Crippen molar-refractivity contribution in [1.82, 2.24) is 9.97 Å². The number of benzene rings is 1. The number of nitrogens with one attached hydrogen (secondary N) is 2. The lowest BCUT2D eigenvalue weighted by molar-refractivity contribution is 1.10. The highest BCUT2D eigenvalue weighted by atomic mass is 35.5. The van der Waals surface area contributed by atoms with E-state index in [1.54, 1.807) is 11.8 Å². The predicted molar refractivity (Wildman–Crippen MR) is 80.6 cm³/mol. The molecule has 19 heavy (non-hydrogen) atoms. The summed E-state index contributed by atoms with van der Waals surface area (Å²) in [7, 11) is 0. The zero-order valence-corrected chi connectivity index (χ0v) is 12.2. The van der Waals surface area contributed by atoms with Crippen LogP contribution >= 0.6 is 23.4 Å². The summed E-state index contributed by atoms with van der Waals surface area (Å²) in [4.78, 5) is 19.2. The highest BCUT2D eigenvalue weighted by Gasteiger charge is 2.06. The van der Waals surface area contributed by atoms with E-state index in [9.17, 15) is 4.79 Å². The number of anilines is 2. The van der Waals surface area contributed by atoms with E-state index >= 15 is 0 Å². The highest BCUT2D eigenvalue weighted by Crippen LogP contribution is 2.31. The van der Waals surface area contributed by atoms with Gasteiger partial charge in [-0.25, -0.2) is 4.98 Å². The highest BCUT2D eigenvalue weighted by molar-refractivity contribution is 8.00. The van der Waals surface area contributed by atoms with E-state index in [0.29, 0.717) is 11.2 Å². The van der Waals surface area contributed by atoms with Crippen molar-refractivity contribution in [1.29, 1.82) is 0 Å². The Hall–Kier alpha value is -1.46. The van der Waals surface area contributed by atoms with Crippen LogP contribution in [0.1, 0.15) is 13.8 Å². The average Bonchev–Trinajstić information content (AvgIpc) is 2.36. The number of para-hydroxylation sites is 1. The molecule has 2 N–H and O–H groups in total. The van der Waals surface area contributed by atoms with Crippen molar-refractivity contribution in [2.24, 2.45) is 0 Å². The second kappa shape index (κ2) is 6.12. The maximum atomic E-state index is 11.4. The molecule has 1 aromatic carbocycles. The molecular weight excluding hydrogens is 282 g/mol. The number of rotatable bonds is 4. The zero-order chi connectivity index (χ0) is 13.8. The van der Waals surface area contributed by atoms with Crippen molar-refractivity contribution >= 4 is 35.0 Å². The molecule has 2 rings (SSSR count). The fourth-order valence-electron chi connectivity index (χ4n) is 1.50. The molecule has 1 aromatic heterocycles. The molecule has 0 aliphatic carbocycles. The predicted octanol–water partition coefficient (Wildman–Crippen LogP) is 3.67. The largest absolute Gasteiger partial charge is 0.325 e. The number of hydrogen-bond donors (Lipinski definition) is 2. The van der Waals surface area contributed by atoms with E-state index in [1.807, 2.05) is 24.3 Å². The number of nitrogens with zero attached hydrogens (tertiary/aromatic N) is 1. The van der Waals surface area contributed by atoms with E-state index in [2.05, 4.69) is 29.1 Å². The fourth-order valence-corrected chi connectivity index (χ4v) is 2.50. The maximum absolute atomic E-state index is 11.4. The molecule has 0 fully saturated rings. The lowest BCUT2D eigenvalue weighted by Gasteiger charge is -2.12. The summed E-state index contributed by atoms with van der Waals surface area (Å²) in [6.45, 7) is 4.26. The summed E-state index contributed by atoms with van der Waals surface area (Å²) in [6, 6.07) is 7.88. The second-order valence-corrected chi connectivity index (χ2v) is 6.22.